The molecule has 2 aromatic heterocycles. The van der Waals surface area contributed by atoms with Crippen LogP contribution in [0.2, 0.25) is 0 Å². The van der Waals surface area contributed by atoms with Gasteiger partial charge in [0.05, 0.1) is 17.6 Å². The highest BCUT2D eigenvalue weighted by Gasteiger charge is 2.18. The Labute approximate surface area is 124 Å². The summed E-state index contributed by atoms with van der Waals surface area (Å²) in [5.41, 5.74) is 2.43. The van der Waals surface area contributed by atoms with Crippen molar-refractivity contribution in [2.75, 3.05) is 6.61 Å². The van der Waals surface area contributed by atoms with E-state index in [1.807, 2.05) is 12.1 Å². The highest BCUT2D eigenvalue weighted by Crippen LogP contribution is 2.18. The van der Waals surface area contributed by atoms with Gasteiger partial charge in [0.15, 0.2) is 5.69 Å². The number of rotatable bonds is 3. The van der Waals surface area contributed by atoms with Gasteiger partial charge in [0, 0.05) is 12.6 Å². The first-order chi connectivity index (χ1) is 10.7. The van der Waals surface area contributed by atoms with Crippen LogP contribution in [0, 0.1) is 0 Å². The topological polar surface area (TPSA) is 105 Å². The molecule has 1 aromatic carbocycles. The molecule has 3 heterocycles. The Morgan fingerprint density at radius 3 is 3.05 bits per heavy atom. The minimum atomic E-state index is -0.256. The van der Waals surface area contributed by atoms with Gasteiger partial charge in [-0.15, -0.1) is 0 Å². The first-order valence-corrected chi connectivity index (χ1v) is 6.89. The highest BCUT2D eigenvalue weighted by atomic mass is 16.5. The van der Waals surface area contributed by atoms with Crippen LogP contribution in [0.4, 0.5) is 0 Å². The number of hydrogen-bond acceptors (Lipinski definition) is 4. The van der Waals surface area contributed by atoms with Crippen LogP contribution in [-0.2, 0) is 13.1 Å². The summed E-state index contributed by atoms with van der Waals surface area (Å²) in [5.74, 6) is 0.365. The molecule has 0 saturated carbocycles. The lowest BCUT2D eigenvalue weighted by atomic mass is 10.2. The van der Waals surface area contributed by atoms with Crippen LogP contribution in [0.15, 0.2) is 29.1 Å². The molecule has 4 rings (SSSR count). The zero-order chi connectivity index (χ0) is 15.1. The smallest absolute Gasteiger partial charge is 0.323 e. The Morgan fingerprint density at radius 2 is 2.18 bits per heavy atom. The standard InChI is InChI=1S/C14H13N5O3/c20-13(11-6-12-19(18-11)3-4-22-12)15-7-8-1-2-9-10(5-8)17-14(21)16-9/h1-2,5-6H,3-4,7H2,(H,15,20)(H2,16,17,21). The minimum absolute atomic E-state index is 0.247. The summed E-state index contributed by atoms with van der Waals surface area (Å²) < 4.78 is 7.00. The number of benzene rings is 1. The molecule has 0 saturated heterocycles. The first kappa shape index (κ1) is 12.7. The first-order valence-electron chi connectivity index (χ1n) is 6.89. The summed E-state index contributed by atoms with van der Waals surface area (Å²) in [7, 11) is 0. The molecule has 0 fully saturated rings. The lowest BCUT2D eigenvalue weighted by molar-refractivity contribution is 0.0945. The Hall–Kier alpha value is -3.03. The number of carbonyl (C=O) groups excluding carboxylic acids is 1. The van der Waals surface area contributed by atoms with E-state index in [2.05, 4.69) is 20.4 Å². The summed E-state index contributed by atoms with van der Waals surface area (Å²) in [6, 6.07) is 7.11. The Bertz CT molecular complexity index is 899. The van der Waals surface area contributed by atoms with E-state index in [0.717, 1.165) is 11.1 Å². The summed E-state index contributed by atoms with van der Waals surface area (Å²) in [6.07, 6.45) is 0. The molecule has 0 unspecified atom stereocenters. The summed E-state index contributed by atoms with van der Waals surface area (Å²) >= 11 is 0. The maximum atomic E-state index is 12.1. The molecule has 22 heavy (non-hydrogen) atoms. The number of hydrogen-bond donors (Lipinski definition) is 3. The Balaban J connectivity index is 1.48. The van der Waals surface area contributed by atoms with Crippen molar-refractivity contribution in [3.8, 4) is 5.88 Å². The van der Waals surface area contributed by atoms with Gasteiger partial charge >= 0.3 is 5.69 Å². The second-order valence-corrected chi connectivity index (χ2v) is 5.08. The number of fused-ring (bicyclic) bond motifs is 2. The Kier molecular flexibility index (Phi) is 2.75. The Morgan fingerprint density at radius 1 is 1.32 bits per heavy atom. The molecule has 8 nitrogen and oxygen atoms in total. The van der Waals surface area contributed by atoms with E-state index >= 15 is 0 Å². The number of amides is 1. The third-order valence-corrected chi connectivity index (χ3v) is 3.56. The van der Waals surface area contributed by atoms with Gasteiger partial charge in [0.2, 0.25) is 5.88 Å². The molecule has 0 aliphatic carbocycles. The molecule has 112 valence electrons. The molecule has 1 aliphatic rings. The number of nitrogens with one attached hydrogen (secondary N) is 3. The number of ether oxygens (including phenoxy) is 1. The predicted octanol–water partition coefficient (Wildman–Crippen LogP) is 0.375. The van der Waals surface area contributed by atoms with Gasteiger partial charge < -0.3 is 20.0 Å². The van der Waals surface area contributed by atoms with E-state index < -0.39 is 0 Å². The van der Waals surface area contributed by atoms with Crippen molar-refractivity contribution in [3.05, 3.63) is 46.0 Å². The van der Waals surface area contributed by atoms with Gasteiger partial charge in [-0.1, -0.05) is 6.07 Å². The minimum Gasteiger partial charge on any atom is -0.476 e. The second kappa shape index (κ2) is 4.76. The van der Waals surface area contributed by atoms with E-state index in [0.29, 0.717) is 36.8 Å². The summed E-state index contributed by atoms with van der Waals surface area (Å²) in [6.45, 7) is 1.62. The van der Waals surface area contributed by atoms with Crippen LogP contribution in [0.3, 0.4) is 0 Å². The molecular formula is C14H13N5O3. The normalized spacial score (nSPS) is 13.1. The lowest BCUT2D eigenvalue weighted by Crippen LogP contribution is -2.23. The van der Waals surface area contributed by atoms with Crippen molar-refractivity contribution in [3.63, 3.8) is 0 Å². The quantitative estimate of drug-likeness (QED) is 0.650. The fourth-order valence-corrected chi connectivity index (χ4v) is 2.49. The van der Waals surface area contributed by atoms with Crippen LogP contribution in [-0.4, -0.2) is 32.3 Å². The molecule has 1 amide bonds. The fourth-order valence-electron chi connectivity index (χ4n) is 2.49. The number of aromatic nitrogens is 4. The number of aromatic amines is 2. The molecule has 0 spiro atoms. The third-order valence-electron chi connectivity index (χ3n) is 3.56. The zero-order valence-electron chi connectivity index (χ0n) is 11.5. The van der Waals surface area contributed by atoms with Crippen LogP contribution >= 0.6 is 0 Å². The van der Waals surface area contributed by atoms with Crippen LogP contribution in [0.25, 0.3) is 11.0 Å². The molecule has 3 N–H and O–H groups in total. The van der Waals surface area contributed by atoms with Gasteiger partial charge in [0.1, 0.15) is 6.61 Å². The molecular weight excluding hydrogens is 286 g/mol. The maximum absolute atomic E-state index is 12.1. The molecule has 0 bridgehead atoms. The highest BCUT2D eigenvalue weighted by molar-refractivity contribution is 5.92. The predicted molar refractivity (Wildman–Crippen MR) is 77.8 cm³/mol. The fraction of sp³-hybridized carbons (Fsp3) is 0.214. The van der Waals surface area contributed by atoms with Gasteiger partial charge in [0.25, 0.3) is 5.91 Å². The van der Waals surface area contributed by atoms with E-state index in [9.17, 15) is 9.59 Å². The molecule has 3 aromatic rings. The van der Waals surface area contributed by atoms with E-state index in [4.69, 9.17) is 4.74 Å². The number of imidazole rings is 1. The number of carbonyl (C=O) groups is 1. The van der Waals surface area contributed by atoms with Gasteiger partial charge in [-0.2, -0.15) is 5.10 Å². The second-order valence-electron chi connectivity index (χ2n) is 5.08. The van der Waals surface area contributed by atoms with Gasteiger partial charge in [-0.25, -0.2) is 9.48 Å². The SMILES string of the molecule is O=C(NCc1ccc2[nH]c(=O)[nH]c2c1)c1cc2n(n1)CCO2. The van der Waals surface area contributed by atoms with Crippen molar-refractivity contribution in [2.24, 2.45) is 0 Å². The van der Waals surface area contributed by atoms with Crippen molar-refractivity contribution in [1.29, 1.82) is 0 Å². The number of nitrogens with zero attached hydrogens (tertiary/aromatic N) is 2. The summed E-state index contributed by atoms with van der Waals surface area (Å²) in [5, 5.41) is 6.99. The van der Waals surface area contributed by atoms with Crippen LogP contribution < -0.4 is 15.7 Å². The number of H-pyrrole nitrogens is 2. The van der Waals surface area contributed by atoms with E-state index in [1.54, 1.807) is 16.8 Å². The van der Waals surface area contributed by atoms with Crippen molar-refractivity contribution in [2.45, 2.75) is 13.1 Å². The van der Waals surface area contributed by atoms with Gasteiger partial charge in [-0.05, 0) is 17.7 Å². The molecule has 0 atom stereocenters. The third kappa shape index (κ3) is 2.14. The van der Waals surface area contributed by atoms with E-state index in [1.165, 1.54) is 0 Å². The van der Waals surface area contributed by atoms with Crippen molar-refractivity contribution >= 4 is 16.9 Å². The average molecular weight is 299 g/mol. The average Bonchev–Trinajstić information content (AvgIpc) is 3.16. The monoisotopic (exact) mass is 299 g/mol. The summed E-state index contributed by atoms with van der Waals surface area (Å²) in [4.78, 5) is 28.7. The van der Waals surface area contributed by atoms with Gasteiger partial charge in [-0.3, -0.25) is 4.79 Å². The molecule has 8 heteroatoms. The molecule has 0 radical (unpaired) electrons. The van der Waals surface area contributed by atoms with E-state index in [-0.39, 0.29) is 11.6 Å². The van der Waals surface area contributed by atoms with Crippen LogP contribution in [0.1, 0.15) is 16.1 Å². The van der Waals surface area contributed by atoms with Crippen LogP contribution in [0.5, 0.6) is 5.88 Å². The zero-order valence-corrected chi connectivity index (χ0v) is 11.5. The maximum Gasteiger partial charge on any atom is 0.323 e. The molecule has 1 aliphatic heterocycles. The largest absolute Gasteiger partial charge is 0.476 e. The van der Waals surface area contributed by atoms with Crippen molar-refractivity contribution in [1.82, 2.24) is 25.1 Å². The lowest BCUT2D eigenvalue weighted by Gasteiger charge is -2.03. The van der Waals surface area contributed by atoms with Crippen molar-refractivity contribution < 1.29 is 9.53 Å².